The van der Waals surface area contributed by atoms with Crippen LogP contribution in [0.15, 0.2) is 89.8 Å². The number of ether oxygens (including phenoxy) is 2. The lowest BCUT2D eigenvalue weighted by Gasteiger charge is -2.23. The summed E-state index contributed by atoms with van der Waals surface area (Å²) in [5, 5.41) is 3.15. The van der Waals surface area contributed by atoms with E-state index in [4.69, 9.17) is 9.47 Å². The number of aromatic nitrogens is 1. The Morgan fingerprint density at radius 1 is 0.884 bits per heavy atom. The Kier molecular flexibility index (Phi) is 12.4. The van der Waals surface area contributed by atoms with Crippen molar-refractivity contribution in [2.45, 2.75) is 78.5 Å². The first-order chi connectivity index (χ1) is 20.4. The quantitative estimate of drug-likeness (QED) is 0.186. The number of hydrogen-bond donors (Lipinski definition) is 0. The molecule has 7 heteroatoms. The zero-order chi connectivity index (χ0) is 31.5. The number of methoxy groups -OCH3 is 1. The van der Waals surface area contributed by atoms with Gasteiger partial charge in [0.1, 0.15) is 17.1 Å². The van der Waals surface area contributed by atoms with Gasteiger partial charge in [-0.25, -0.2) is 4.98 Å². The number of benzene rings is 3. The van der Waals surface area contributed by atoms with Gasteiger partial charge in [0.25, 0.3) is 0 Å². The molecule has 0 N–H and O–H groups in total. The predicted octanol–water partition coefficient (Wildman–Crippen LogP) is 10.9. The van der Waals surface area contributed by atoms with Crippen LogP contribution >= 0.6 is 11.3 Å². The van der Waals surface area contributed by atoms with Crippen LogP contribution in [0.4, 0.5) is 13.2 Å². The maximum atomic E-state index is 12.0. The van der Waals surface area contributed by atoms with Crippen molar-refractivity contribution in [1.29, 1.82) is 0 Å². The molecule has 1 heterocycles. The van der Waals surface area contributed by atoms with E-state index in [0.29, 0.717) is 0 Å². The summed E-state index contributed by atoms with van der Waals surface area (Å²) in [5.74, 6) is 1.83. The minimum absolute atomic E-state index is 0.182. The van der Waals surface area contributed by atoms with Gasteiger partial charge in [-0.15, -0.1) is 11.3 Å². The second-order valence-electron chi connectivity index (χ2n) is 10.9. The summed E-state index contributed by atoms with van der Waals surface area (Å²) < 4.78 is 47.2. The molecule has 1 fully saturated rings. The van der Waals surface area contributed by atoms with Crippen LogP contribution in [-0.4, -0.2) is 17.7 Å². The zero-order valence-corrected chi connectivity index (χ0v) is 26.7. The molecule has 4 aromatic rings. The van der Waals surface area contributed by atoms with Crippen LogP contribution in [0.25, 0.3) is 11.3 Å². The van der Waals surface area contributed by atoms with E-state index in [2.05, 4.69) is 61.5 Å². The summed E-state index contributed by atoms with van der Waals surface area (Å²) in [6, 6.07) is 21.7. The van der Waals surface area contributed by atoms with Crippen molar-refractivity contribution in [3.05, 3.63) is 112 Å². The molecule has 0 saturated heterocycles. The molecule has 0 aliphatic heterocycles. The van der Waals surface area contributed by atoms with Gasteiger partial charge >= 0.3 is 6.18 Å². The minimum atomic E-state index is -4.22. The van der Waals surface area contributed by atoms with E-state index in [9.17, 15) is 13.2 Å². The third-order valence-electron chi connectivity index (χ3n) is 6.61. The first kappa shape index (κ1) is 33.9. The highest BCUT2D eigenvalue weighted by atomic mass is 32.1. The van der Waals surface area contributed by atoms with Crippen LogP contribution in [0, 0.1) is 6.92 Å². The fraction of sp³-hybridized carbons (Fsp3) is 0.361. The van der Waals surface area contributed by atoms with E-state index in [1.165, 1.54) is 42.5 Å². The van der Waals surface area contributed by atoms with Crippen molar-refractivity contribution < 1.29 is 22.6 Å². The Morgan fingerprint density at radius 2 is 1.53 bits per heavy atom. The minimum Gasteiger partial charge on any atom is -0.497 e. The van der Waals surface area contributed by atoms with Crippen molar-refractivity contribution in [1.82, 2.24) is 4.98 Å². The summed E-state index contributed by atoms with van der Waals surface area (Å²) in [6.45, 7) is 10.4. The number of hydrogen-bond acceptors (Lipinski definition) is 4. The largest absolute Gasteiger partial charge is 0.497 e. The second-order valence-corrected chi connectivity index (χ2v) is 12.0. The molecule has 1 aromatic heterocycles. The molecule has 1 aliphatic rings. The van der Waals surface area contributed by atoms with Gasteiger partial charge in [0.2, 0.25) is 0 Å². The summed E-state index contributed by atoms with van der Waals surface area (Å²) in [7, 11) is 1.67. The molecule has 0 unspecified atom stereocenters. The van der Waals surface area contributed by atoms with Gasteiger partial charge in [-0.05, 0) is 100 Å². The van der Waals surface area contributed by atoms with Gasteiger partial charge < -0.3 is 9.47 Å². The Morgan fingerprint density at radius 3 is 2.05 bits per heavy atom. The van der Waals surface area contributed by atoms with Gasteiger partial charge in [0.15, 0.2) is 0 Å². The number of alkyl halides is 3. The summed E-state index contributed by atoms with van der Waals surface area (Å²) in [5.41, 5.74) is 5.19. The maximum Gasteiger partial charge on any atom is 0.416 e. The number of aryl methyl sites for hydroxylation is 3. The van der Waals surface area contributed by atoms with Crippen molar-refractivity contribution in [2.75, 3.05) is 7.11 Å². The molecule has 0 amide bonds. The van der Waals surface area contributed by atoms with E-state index >= 15 is 0 Å². The third-order valence-corrected chi connectivity index (χ3v) is 7.38. The van der Waals surface area contributed by atoms with Gasteiger partial charge in [0.05, 0.1) is 23.4 Å². The molecule has 230 valence electrons. The number of allylic oxidation sites excluding steroid dienone is 1. The predicted molar refractivity (Wildman–Crippen MR) is 172 cm³/mol. The lowest BCUT2D eigenvalue weighted by molar-refractivity contribution is -0.137. The highest BCUT2D eigenvalue weighted by molar-refractivity contribution is 7.09. The lowest BCUT2D eigenvalue weighted by atomic mass is 10.1. The number of nitrogens with zero attached hydrogens (tertiary/aromatic N) is 1. The molecule has 0 radical (unpaired) electrons. The average Bonchev–Trinajstić information content (AvgIpc) is 3.68. The van der Waals surface area contributed by atoms with Crippen molar-refractivity contribution in [3.8, 4) is 22.8 Å². The van der Waals surface area contributed by atoms with Crippen molar-refractivity contribution in [3.63, 3.8) is 0 Å². The SMILES string of the molecule is CCCc1ccc(OC(C)(C)C=C2CC2)cc1.CCc1ccc(C(F)(F)F)cc1.COc1cccc(-c2csc(C)n2)c1. The van der Waals surface area contributed by atoms with Crippen molar-refractivity contribution in [2.24, 2.45) is 0 Å². The van der Waals surface area contributed by atoms with Crippen LogP contribution in [0.1, 0.15) is 68.7 Å². The number of thiazole rings is 1. The Bertz CT molecular complexity index is 1430. The monoisotopic (exact) mass is 609 g/mol. The lowest BCUT2D eigenvalue weighted by Crippen LogP contribution is -2.25. The molecule has 1 saturated carbocycles. The van der Waals surface area contributed by atoms with Gasteiger partial charge in [-0.3, -0.25) is 0 Å². The Labute approximate surface area is 258 Å². The molecule has 3 aromatic carbocycles. The fourth-order valence-corrected chi connectivity index (χ4v) is 4.88. The summed E-state index contributed by atoms with van der Waals surface area (Å²) in [6.07, 6.45) is 3.65. The molecule has 1 aliphatic carbocycles. The van der Waals surface area contributed by atoms with Crippen LogP contribution in [0.3, 0.4) is 0 Å². The highest BCUT2D eigenvalue weighted by Crippen LogP contribution is 2.32. The van der Waals surface area contributed by atoms with Crippen LogP contribution in [0.2, 0.25) is 0 Å². The van der Waals surface area contributed by atoms with Gasteiger partial charge in [-0.2, -0.15) is 13.2 Å². The van der Waals surface area contributed by atoms with E-state index < -0.39 is 11.7 Å². The Balaban J connectivity index is 0.000000180. The van der Waals surface area contributed by atoms with Crippen LogP contribution < -0.4 is 9.47 Å². The number of halogens is 3. The smallest absolute Gasteiger partial charge is 0.416 e. The molecular weight excluding hydrogens is 567 g/mol. The fourth-order valence-electron chi connectivity index (χ4n) is 4.26. The standard InChI is InChI=1S/C16H22O.C11H11NOS.C9H9F3/c1-4-5-13-8-10-15(11-9-13)17-16(2,3)12-14-6-7-14;1-8-12-11(7-14-8)9-4-3-5-10(6-9)13-2;1-2-7-3-5-8(6-4-7)9(10,11)12/h8-12H,4-7H2,1-3H3;3-7H,1-2H3;3-6H,2H2,1H3. The summed E-state index contributed by atoms with van der Waals surface area (Å²) in [4.78, 5) is 4.42. The molecule has 0 atom stereocenters. The van der Waals surface area contributed by atoms with E-state index in [-0.39, 0.29) is 5.60 Å². The van der Waals surface area contributed by atoms with Crippen LogP contribution in [-0.2, 0) is 19.0 Å². The zero-order valence-electron chi connectivity index (χ0n) is 25.9. The van der Waals surface area contributed by atoms with E-state index in [0.717, 1.165) is 58.3 Å². The second kappa shape index (κ2) is 15.8. The van der Waals surface area contributed by atoms with Crippen molar-refractivity contribution >= 4 is 11.3 Å². The normalized spacial score (nSPS) is 12.3. The number of rotatable bonds is 8. The molecule has 0 spiro atoms. The highest BCUT2D eigenvalue weighted by Gasteiger charge is 2.29. The first-order valence-corrected chi connectivity index (χ1v) is 15.5. The van der Waals surface area contributed by atoms with Gasteiger partial charge in [0, 0.05) is 10.9 Å². The Hall–Kier alpha value is -3.58. The average molecular weight is 610 g/mol. The maximum absolute atomic E-state index is 12.0. The van der Waals surface area contributed by atoms with Gasteiger partial charge in [-0.1, -0.05) is 62.2 Å². The van der Waals surface area contributed by atoms with E-state index in [1.54, 1.807) is 18.4 Å². The van der Waals surface area contributed by atoms with Crippen LogP contribution in [0.5, 0.6) is 11.5 Å². The molecule has 3 nitrogen and oxygen atoms in total. The summed E-state index contributed by atoms with van der Waals surface area (Å²) >= 11 is 1.66. The van der Waals surface area contributed by atoms with E-state index in [1.807, 2.05) is 38.1 Å². The first-order valence-electron chi connectivity index (χ1n) is 14.6. The molecule has 0 bridgehead atoms. The topological polar surface area (TPSA) is 31.4 Å². The molecule has 43 heavy (non-hydrogen) atoms. The molecule has 5 rings (SSSR count). The molecular formula is C36H42F3NO2S. The third kappa shape index (κ3) is 11.9.